The highest BCUT2D eigenvalue weighted by Crippen LogP contribution is 2.45. The number of aliphatic hydroxyl groups excluding tert-OH is 1. The molecule has 0 spiro atoms. The van der Waals surface area contributed by atoms with Crippen molar-refractivity contribution in [2.24, 2.45) is 23.7 Å². The summed E-state index contributed by atoms with van der Waals surface area (Å²) < 4.78 is 68.2. The number of aliphatic hydroxyl groups is 1. The van der Waals surface area contributed by atoms with E-state index in [2.05, 4.69) is 55.4 Å². The maximum Gasteiger partial charge on any atom is 0.472 e. The Balaban J connectivity index is 5.27. The lowest BCUT2D eigenvalue weighted by molar-refractivity contribution is -0.161. The summed E-state index contributed by atoms with van der Waals surface area (Å²) in [5.41, 5.74) is 0. The van der Waals surface area contributed by atoms with Crippen molar-refractivity contribution in [1.29, 1.82) is 0 Å². The maximum atomic E-state index is 13.0. The van der Waals surface area contributed by atoms with Crippen molar-refractivity contribution in [2.45, 2.75) is 356 Å². The molecule has 0 aromatic rings. The normalized spacial score (nSPS) is 15.2. The highest BCUT2D eigenvalue weighted by Gasteiger charge is 2.30. The average molecular weight is 1300 g/mol. The number of phosphoric acid groups is 2. The molecule has 88 heavy (non-hydrogen) atoms. The molecule has 19 heteroatoms. The minimum Gasteiger partial charge on any atom is -0.462 e. The average Bonchev–Trinajstić information content (AvgIpc) is 3.40. The van der Waals surface area contributed by atoms with Gasteiger partial charge in [0.05, 0.1) is 26.4 Å². The highest BCUT2D eigenvalue weighted by molar-refractivity contribution is 7.47. The Kier molecular flexibility index (Phi) is 57.6. The molecule has 0 aromatic heterocycles. The third-order valence-electron chi connectivity index (χ3n) is 16.9. The topological polar surface area (TPSA) is 237 Å². The van der Waals surface area contributed by atoms with Crippen LogP contribution in [0, 0.1) is 23.7 Å². The lowest BCUT2D eigenvalue weighted by Gasteiger charge is -2.21. The molecule has 0 aliphatic rings. The number of ether oxygens (including phenoxy) is 4. The van der Waals surface area contributed by atoms with Gasteiger partial charge in [0.1, 0.15) is 19.3 Å². The first-order valence-corrected chi connectivity index (χ1v) is 38.8. The first-order chi connectivity index (χ1) is 42.2. The summed E-state index contributed by atoms with van der Waals surface area (Å²) in [7, 11) is -9.90. The van der Waals surface area contributed by atoms with E-state index in [1.165, 1.54) is 128 Å². The minimum absolute atomic E-state index is 0.105. The van der Waals surface area contributed by atoms with E-state index >= 15 is 0 Å². The van der Waals surface area contributed by atoms with Crippen LogP contribution in [-0.4, -0.2) is 96.7 Å². The predicted molar refractivity (Wildman–Crippen MR) is 354 cm³/mol. The van der Waals surface area contributed by atoms with Crippen LogP contribution >= 0.6 is 15.6 Å². The summed E-state index contributed by atoms with van der Waals surface area (Å²) in [6, 6.07) is 0. The predicted octanol–water partition coefficient (Wildman–Crippen LogP) is 19.3. The second-order valence-corrected chi connectivity index (χ2v) is 29.0. The zero-order valence-electron chi connectivity index (χ0n) is 57.3. The van der Waals surface area contributed by atoms with Crippen LogP contribution in [0.2, 0.25) is 0 Å². The van der Waals surface area contributed by atoms with E-state index < -0.39 is 97.5 Å². The van der Waals surface area contributed by atoms with E-state index in [1.807, 2.05) is 0 Å². The maximum absolute atomic E-state index is 13.0. The number of hydrogen-bond donors (Lipinski definition) is 3. The van der Waals surface area contributed by atoms with E-state index in [9.17, 15) is 43.2 Å². The van der Waals surface area contributed by atoms with Crippen molar-refractivity contribution in [1.82, 2.24) is 0 Å². The van der Waals surface area contributed by atoms with Gasteiger partial charge in [0.25, 0.3) is 0 Å². The lowest BCUT2D eigenvalue weighted by Crippen LogP contribution is -2.30. The van der Waals surface area contributed by atoms with Crippen LogP contribution in [0.3, 0.4) is 0 Å². The van der Waals surface area contributed by atoms with Crippen molar-refractivity contribution >= 4 is 39.5 Å². The molecular formula is C69H134O17P2. The molecule has 0 heterocycles. The quantitative estimate of drug-likeness (QED) is 0.0222. The van der Waals surface area contributed by atoms with Crippen LogP contribution in [0.4, 0.5) is 0 Å². The van der Waals surface area contributed by atoms with Crippen molar-refractivity contribution in [3.63, 3.8) is 0 Å². The van der Waals surface area contributed by atoms with Gasteiger partial charge >= 0.3 is 39.5 Å². The molecule has 0 bridgehead atoms. The van der Waals surface area contributed by atoms with E-state index in [0.717, 1.165) is 120 Å². The van der Waals surface area contributed by atoms with Gasteiger partial charge in [0.2, 0.25) is 0 Å². The fourth-order valence-corrected chi connectivity index (χ4v) is 11.8. The molecule has 0 aromatic carbocycles. The molecule has 17 nitrogen and oxygen atoms in total. The van der Waals surface area contributed by atoms with Gasteiger partial charge in [0.15, 0.2) is 12.2 Å². The van der Waals surface area contributed by atoms with Gasteiger partial charge in [-0.3, -0.25) is 37.3 Å². The van der Waals surface area contributed by atoms with E-state index in [1.54, 1.807) is 0 Å². The van der Waals surface area contributed by atoms with Crippen LogP contribution in [0.25, 0.3) is 0 Å². The Labute approximate surface area is 537 Å². The van der Waals surface area contributed by atoms with E-state index in [-0.39, 0.29) is 25.7 Å². The van der Waals surface area contributed by atoms with Crippen molar-refractivity contribution in [3.8, 4) is 0 Å². The molecule has 0 aliphatic heterocycles. The molecule has 522 valence electrons. The molecule has 0 radical (unpaired) electrons. The third kappa shape index (κ3) is 59.1. The molecule has 0 aliphatic carbocycles. The second-order valence-electron chi connectivity index (χ2n) is 26.1. The summed E-state index contributed by atoms with van der Waals surface area (Å²) in [5.74, 6) is 0.909. The number of phosphoric ester groups is 2. The van der Waals surface area contributed by atoms with Crippen LogP contribution in [0.5, 0.6) is 0 Å². The van der Waals surface area contributed by atoms with Crippen LogP contribution < -0.4 is 0 Å². The van der Waals surface area contributed by atoms with Crippen molar-refractivity contribution < 1.29 is 80.2 Å². The summed E-state index contributed by atoms with van der Waals surface area (Å²) >= 11 is 0. The van der Waals surface area contributed by atoms with Crippen molar-refractivity contribution in [2.75, 3.05) is 39.6 Å². The Morgan fingerprint density at radius 3 is 0.807 bits per heavy atom. The molecule has 5 unspecified atom stereocenters. The molecule has 3 N–H and O–H groups in total. The largest absolute Gasteiger partial charge is 0.472 e. The van der Waals surface area contributed by atoms with Gasteiger partial charge in [-0.1, -0.05) is 287 Å². The highest BCUT2D eigenvalue weighted by atomic mass is 31.2. The van der Waals surface area contributed by atoms with Gasteiger partial charge < -0.3 is 33.8 Å². The van der Waals surface area contributed by atoms with Gasteiger partial charge in [-0.15, -0.1) is 0 Å². The summed E-state index contributed by atoms with van der Waals surface area (Å²) in [4.78, 5) is 72.5. The number of esters is 4. The Morgan fingerprint density at radius 1 is 0.318 bits per heavy atom. The molecular weight excluding hydrogens is 1160 g/mol. The standard InChI is InChI=1S/C69H134O17P2/c1-9-60(6)46-38-30-22-16-12-14-18-24-35-43-51-68(73)85-64(55-79-66(71)49-41-33-26-20-21-29-37-45-59(4)5)57-83-87(75,76)81-53-63(70)54-82-88(77,78)84-58-65(56-80-67(72)50-42-34-28-27-32-40-48-62(8)11-3)86-69(74)52-44-36-25-19-15-13-17-23-31-39-47-61(7)10-2/h59-65,70H,9-58H2,1-8H3,(H,75,76)(H,77,78)/t60?,61?,62?,63-,64-,65-/m1/s1. The Bertz CT molecular complexity index is 1750. The summed E-state index contributed by atoms with van der Waals surface area (Å²) in [5, 5.41) is 10.6. The second kappa shape index (κ2) is 58.8. The number of rotatable bonds is 66. The summed E-state index contributed by atoms with van der Waals surface area (Å²) in [6.07, 6.45) is 40.2. The zero-order valence-corrected chi connectivity index (χ0v) is 59.1. The first kappa shape index (κ1) is 86.1. The van der Waals surface area contributed by atoms with Gasteiger partial charge in [-0.2, -0.15) is 0 Å². The van der Waals surface area contributed by atoms with Gasteiger partial charge in [0, 0.05) is 25.7 Å². The molecule has 0 rings (SSSR count). The van der Waals surface area contributed by atoms with Crippen LogP contribution in [0.15, 0.2) is 0 Å². The number of hydrogen-bond acceptors (Lipinski definition) is 15. The molecule has 0 saturated heterocycles. The molecule has 0 saturated carbocycles. The van der Waals surface area contributed by atoms with Gasteiger partial charge in [-0.25, -0.2) is 9.13 Å². The number of unbranched alkanes of at least 4 members (excludes halogenated alkanes) is 29. The molecule has 0 fully saturated rings. The zero-order chi connectivity index (χ0) is 65.4. The van der Waals surface area contributed by atoms with Crippen molar-refractivity contribution in [3.05, 3.63) is 0 Å². The Hall–Kier alpha value is -1.94. The van der Waals surface area contributed by atoms with Crippen LogP contribution in [0.1, 0.15) is 338 Å². The smallest absolute Gasteiger partial charge is 0.462 e. The molecule has 8 atom stereocenters. The first-order valence-electron chi connectivity index (χ1n) is 35.8. The fraction of sp³-hybridized carbons (Fsp3) is 0.942. The van der Waals surface area contributed by atoms with Crippen LogP contribution in [-0.2, 0) is 65.4 Å². The number of carbonyl (C=O) groups is 4. The minimum atomic E-state index is -4.95. The summed E-state index contributed by atoms with van der Waals surface area (Å²) in [6.45, 7) is 14.1. The SMILES string of the molecule is CCC(C)CCCCCCCCCCCCC(=O)O[C@H](COC(=O)CCCCCCCCCC(C)C)COP(=O)(O)OC[C@@H](O)COP(=O)(O)OC[C@@H](COC(=O)CCCCCCCCC(C)CC)OC(=O)CCCCCCCCCCCCC(C)CC. The van der Waals surface area contributed by atoms with E-state index in [0.29, 0.717) is 31.6 Å². The third-order valence-corrected chi connectivity index (χ3v) is 18.8. The number of carbonyl (C=O) groups excluding carboxylic acids is 4. The molecule has 0 amide bonds. The lowest BCUT2D eigenvalue weighted by atomic mass is 9.99. The fourth-order valence-electron chi connectivity index (χ4n) is 10.2. The Morgan fingerprint density at radius 2 is 0.545 bits per heavy atom. The van der Waals surface area contributed by atoms with E-state index in [4.69, 9.17) is 37.0 Å². The van der Waals surface area contributed by atoms with Gasteiger partial charge in [-0.05, 0) is 49.4 Å². The monoisotopic (exact) mass is 1300 g/mol.